The molecular weight excluding hydrogens is 230 g/mol. The summed E-state index contributed by atoms with van der Waals surface area (Å²) in [6.07, 6.45) is 6.50. The molecule has 0 amide bonds. The van der Waals surface area contributed by atoms with E-state index < -0.39 is 0 Å². The summed E-state index contributed by atoms with van der Waals surface area (Å²) in [5.74, 6) is 2.16. The minimum Gasteiger partial charge on any atom is -0.370 e. The summed E-state index contributed by atoms with van der Waals surface area (Å²) in [6.45, 7) is 7.39. The summed E-state index contributed by atoms with van der Waals surface area (Å²) in [5, 5.41) is 4.45. The first kappa shape index (κ1) is 14.3. The molecule has 0 aliphatic rings. The highest BCUT2D eigenvalue weighted by Gasteiger charge is 2.09. The lowest BCUT2D eigenvalue weighted by atomic mass is 10.2. The van der Waals surface area contributed by atoms with Crippen LogP contribution in [0.4, 0.5) is 5.82 Å². The Hall–Kier alpha value is -0.770. The molecule has 1 rings (SSSR count). The van der Waals surface area contributed by atoms with Gasteiger partial charge in [-0.05, 0) is 25.5 Å². The van der Waals surface area contributed by atoms with E-state index in [0.717, 1.165) is 29.6 Å². The summed E-state index contributed by atoms with van der Waals surface area (Å²) in [4.78, 5) is 8.71. The Bertz CT molecular complexity index is 328. The van der Waals surface area contributed by atoms with E-state index in [1.165, 1.54) is 24.8 Å². The molecule has 0 saturated heterocycles. The van der Waals surface area contributed by atoms with Crippen LogP contribution in [0.1, 0.15) is 45.6 Å². The largest absolute Gasteiger partial charge is 0.370 e. The van der Waals surface area contributed by atoms with E-state index in [0.29, 0.717) is 0 Å². The Morgan fingerprint density at radius 1 is 1.18 bits per heavy atom. The lowest BCUT2D eigenvalue weighted by Gasteiger charge is -2.11. The minimum atomic E-state index is 0.907. The highest BCUT2D eigenvalue weighted by atomic mass is 32.2. The number of nitrogens with one attached hydrogen (secondary N) is 1. The van der Waals surface area contributed by atoms with Crippen LogP contribution in [-0.4, -0.2) is 22.3 Å². The zero-order chi connectivity index (χ0) is 12.5. The second kappa shape index (κ2) is 8.34. The van der Waals surface area contributed by atoms with E-state index in [9.17, 15) is 0 Å². The van der Waals surface area contributed by atoms with Crippen molar-refractivity contribution in [3.8, 4) is 0 Å². The Labute approximate surface area is 109 Å². The van der Waals surface area contributed by atoms with Crippen LogP contribution in [0.3, 0.4) is 0 Å². The van der Waals surface area contributed by atoms with Gasteiger partial charge in [-0.1, -0.05) is 26.7 Å². The van der Waals surface area contributed by atoms with E-state index in [2.05, 4.69) is 36.1 Å². The van der Waals surface area contributed by atoms with Crippen LogP contribution in [0.25, 0.3) is 0 Å². The third-order valence-corrected chi connectivity index (χ3v) is 3.71. The second-order valence-corrected chi connectivity index (χ2v) is 5.03. The topological polar surface area (TPSA) is 37.8 Å². The maximum Gasteiger partial charge on any atom is 0.133 e. The summed E-state index contributed by atoms with van der Waals surface area (Å²) < 4.78 is 0. The molecule has 17 heavy (non-hydrogen) atoms. The van der Waals surface area contributed by atoms with Gasteiger partial charge in [0.2, 0.25) is 0 Å². The van der Waals surface area contributed by atoms with Crippen LogP contribution >= 0.6 is 11.8 Å². The molecule has 1 heterocycles. The first-order valence-electron chi connectivity index (χ1n) is 6.53. The summed E-state index contributed by atoms with van der Waals surface area (Å²) in [7, 11) is 0. The second-order valence-electron chi connectivity index (χ2n) is 3.95. The molecule has 96 valence electrons. The number of anilines is 1. The number of nitrogens with zero attached hydrogens (tertiary/aromatic N) is 2. The van der Waals surface area contributed by atoms with Crippen molar-refractivity contribution in [3.63, 3.8) is 0 Å². The molecule has 3 nitrogen and oxygen atoms in total. The number of hydrogen-bond acceptors (Lipinski definition) is 4. The molecule has 0 saturated carbocycles. The summed E-state index contributed by atoms with van der Waals surface area (Å²) >= 11 is 1.86. The van der Waals surface area contributed by atoms with E-state index in [-0.39, 0.29) is 0 Å². The van der Waals surface area contributed by atoms with Crippen molar-refractivity contribution in [1.82, 2.24) is 9.97 Å². The zero-order valence-corrected chi connectivity index (χ0v) is 11.9. The van der Waals surface area contributed by atoms with Gasteiger partial charge in [0.15, 0.2) is 0 Å². The van der Waals surface area contributed by atoms with Crippen molar-refractivity contribution in [2.75, 3.05) is 17.6 Å². The Morgan fingerprint density at radius 3 is 2.65 bits per heavy atom. The molecule has 0 bridgehead atoms. The number of thioether (sulfide) groups is 1. The Morgan fingerprint density at radius 2 is 2.00 bits per heavy atom. The van der Waals surface area contributed by atoms with Crippen molar-refractivity contribution in [2.45, 2.75) is 51.5 Å². The number of hydrogen-bond donors (Lipinski definition) is 1. The van der Waals surface area contributed by atoms with Gasteiger partial charge in [-0.15, -0.1) is 11.8 Å². The smallest absolute Gasteiger partial charge is 0.133 e. The lowest BCUT2D eigenvalue weighted by molar-refractivity contribution is 0.777. The lowest BCUT2D eigenvalue weighted by Crippen LogP contribution is -2.05. The first-order valence-corrected chi connectivity index (χ1v) is 7.52. The van der Waals surface area contributed by atoms with E-state index in [1.807, 2.05) is 11.8 Å². The van der Waals surface area contributed by atoms with Gasteiger partial charge in [0.25, 0.3) is 0 Å². The van der Waals surface area contributed by atoms with Crippen LogP contribution in [0.5, 0.6) is 0 Å². The number of unbranched alkanes of at least 4 members (excludes halogenated alkanes) is 2. The fourth-order valence-corrected chi connectivity index (χ4v) is 2.76. The molecule has 0 spiro atoms. The standard InChI is InChI=1S/C13H23N3S/c1-4-7-8-9-17-13-11(5-2)12(14-6-3)15-10-16-13/h10H,4-9H2,1-3H3,(H,14,15,16). The van der Waals surface area contributed by atoms with E-state index >= 15 is 0 Å². The van der Waals surface area contributed by atoms with Crippen LogP contribution in [0.2, 0.25) is 0 Å². The molecule has 1 aromatic rings. The molecule has 0 aromatic carbocycles. The van der Waals surface area contributed by atoms with Gasteiger partial charge >= 0.3 is 0 Å². The molecule has 0 aliphatic heterocycles. The molecule has 0 unspecified atom stereocenters. The van der Waals surface area contributed by atoms with Gasteiger partial charge in [0, 0.05) is 12.1 Å². The number of rotatable bonds is 8. The first-order chi connectivity index (χ1) is 8.33. The van der Waals surface area contributed by atoms with Crippen LogP contribution < -0.4 is 5.32 Å². The molecule has 0 radical (unpaired) electrons. The highest BCUT2D eigenvalue weighted by molar-refractivity contribution is 7.99. The fraction of sp³-hybridized carbons (Fsp3) is 0.692. The van der Waals surface area contributed by atoms with Gasteiger partial charge in [-0.2, -0.15) is 0 Å². The third kappa shape index (κ3) is 4.54. The molecule has 0 fully saturated rings. The predicted octanol–water partition coefficient (Wildman–Crippen LogP) is 3.75. The van der Waals surface area contributed by atoms with E-state index in [1.54, 1.807) is 6.33 Å². The quantitative estimate of drug-likeness (QED) is 0.435. The molecular formula is C13H23N3S. The highest BCUT2D eigenvalue weighted by Crippen LogP contribution is 2.26. The molecule has 4 heteroatoms. The normalized spacial score (nSPS) is 10.5. The van der Waals surface area contributed by atoms with Crippen molar-refractivity contribution in [1.29, 1.82) is 0 Å². The summed E-state index contributed by atoms with van der Waals surface area (Å²) in [6, 6.07) is 0. The van der Waals surface area contributed by atoms with Crippen molar-refractivity contribution in [2.24, 2.45) is 0 Å². The van der Waals surface area contributed by atoms with Gasteiger partial charge in [-0.3, -0.25) is 0 Å². The van der Waals surface area contributed by atoms with Gasteiger partial charge in [0.05, 0.1) is 0 Å². The monoisotopic (exact) mass is 253 g/mol. The third-order valence-electron chi connectivity index (χ3n) is 2.59. The summed E-state index contributed by atoms with van der Waals surface area (Å²) in [5.41, 5.74) is 1.26. The molecule has 1 N–H and O–H groups in total. The predicted molar refractivity (Wildman–Crippen MR) is 75.8 cm³/mol. The Balaban J connectivity index is 2.66. The van der Waals surface area contributed by atoms with Crippen molar-refractivity contribution < 1.29 is 0 Å². The van der Waals surface area contributed by atoms with Gasteiger partial charge in [0.1, 0.15) is 17.2 Å². The van der Waals surface area contributed by atoms with Gasteiger partial charge in [-0.25, -0.2) is 9.97 Å². The average molecular weight is 253 g/mol. The van der Waals surface area contributed by atoms with Crippen molar-refractivity contribution in [3.05, 3.63) is 11.9 Å². The maximum absolute atomic E-state index is 4.40. The fourth-order valence-electron chi connectivity index (χ4n) is 1.68. The van der Waals surface area contributed by atoms with E-state index in [4.69, 9.17) is 0 Å². The SMILES string of the molecule is CCCCCSc1ncnc(NCC)c1CC. The van der Waals surface area contributed by atoms with Crippen molar-refractivity contribution >= 4 is 17.6 Å². The van der Waals surface area contributed by atoms with Crippen LogP contribution in [-0.2, 0) is 6.42 Å². The van der Waals surface area contributed by atoms with Gasteiger partial charge < -0.3 is 5.32 Å². The molecule has 1 aromatic heterocycles. The zero-order valence-electron chi connectivity index (χ0n) is 11.1. The molecule has 0 aliphatic carbocycles. The number of aromatic nitrogens is 2. The maximum atomic E-state index is 4.40. The van der Waals surface area contributed by atoms with Crippen LogP contribution in [0, 0.1) is 0 Å². The Kier molecular flexibility index (Phi) is 7.01. The minimum absolute atomic E-state index is 0.907. The average Bonchev–Trinajstić information content (AvgIpc) is 2.35. The molecule has 0 atom stereocenters. The van der Waals surface area contributed by atoms with Crippen LogP contribution in [0.15, 0.2) is 11.4 Å².